The molecule has 0 aromatic heterocycles. The Morgan fingerprint density at radius 3 is 2.52 bits per heavy atom. The van der Waals surface area contributed by atoms with Crippen LogP contribution in [0, 0.1) is 12.7 Å². The summed E-state index contributed by atoms with van der Waals surface area (Å²) >= 11 is 0. The third-order valence-electron chi connectivity index (χ3n) is 4.52. The summed E-state index contributed by atoms with van der Waals surface area (Å²) in [7, 11) is 0. The number of hydrogen-bond donors (Lipinski definition) is 1. The Labute approximate surface area is 156 Å². The fraction of sp³-hybridized carbons (Fsp3) is 0.300. The van der Waals surface area contributed by atoms with Crippen LogP contribution in [0.3, 0.4) is 0 Å². The van der Waals surface area contributed by atoms with Crippen LogP contribution in [-0.2, 0) is 9.53 Å². The SMILES string of the molecule is Cc1ccc(O)c(C(=O)OCC(=O)N2CCN(c3ccccc3F)CC2)c1. The fourth-order valence-corrected chi connectivity index (χ4v) is 3.01. The molecule has 0 saturated carbocycles. The molecule has 27 heavy (non-hydrogen) atoms. The van der Waals surface area contributed by atoms with Gasteiger partial charge in [-0.05, 0) is 31.2 Å². The van der Waals surface area contributed by atoms with Gasteiger partial charge in [-0.3, -0.25) is 4.79 Å². The lowest BCUT2D eigenvalue weighted by Crippen LogP contribution is -2.50. The van der Waals surface area contributed by atoms with Gasteiger partial charge in [0, 0.05) is 26.2 Å². The van der Waals surface area contributed by atoms with Crippen LogP contribution in [0.15, 0.2) is 42.5 Å². The number of hydrogen-bond acceptors (Lipinski definition) is 5. The first-order valence-corrected chi connectivity index (χ1v) is 8.69. The monoisotopic (exact) mass is 372 g/mol. The zero-order chi connectivity index (χ0) is 19.4. The fourth-order valence-electron chi connectivity index (χ4n) is 3.01. The Balaban J connectivity index is 1.52. The van der Waals surface area contributed by atoms with E-state index in [4.69, 9.17) is 4.74 Å². The van der Waals surface area contributed by atoms with E-state index < -0.39 is 12.6 Å². The van der Waals surface area contributed by atoms with Gasteiger partial charge in [0.2, 0.25) is 0 Å². The van der Waals surface area contributed by atoms with Crippen LogP contribution in [0.1, 0.15) is 15.9 Å². The number of nitrogens with zero attached hydrogens (tertiary/aromatic N) is 2. The molecule has 0 bridgehead atoms. The van der Waals surface area contributed by atoms with Gasteiger partial charge in [0.25, 0.3) is 5.91 Å². The maximum absolute atomic E-state index is 13.9. The van der Waals surface area contributed by atoms with Crippen molar-refractivity contribution in [3.8, 4) is 5.75 Å². The van der Waals surface area contributed by atoms with Gasteiger partial charge >= 0.3 is 5.97 Å². The predicted molar refractivity (Wildman–Crippen MR) is 98.3 cm³/mol. The number of aryl methyl sites for hydroxylation is 1. The van der Waals surface area contributed by atoms with Gasteiger partial charge in [0.05, 0.1) is 5.69 Å². The van der Waals surface area contributed by atoms with Gasteiger partial charge in [0.1, 0.15) is 17.1 Å². The van der Waals surface area contributed by atoms with Gasteiger partial charge in [-0.2, -0.15) is 0 Å². The number of halogens is 1. The van der Waals surface area contributed by atoms with Crippen LogP contribution >= 0.6 is 0 Å². The van der Waals surface area contributed by atoms with Crippen LogP contribution in [0.4, 0.5) is 10.1 Å². The Hall–Kier alpha value is -3.09. The molecular formula is C20H21FN2O4. The van der Waals surface area contributed by atoms with Crippen molar-refractivity contribution in [3.63, 3.8) is 0 Å². The number of phenols is 1. The molecule has 1 saturated heterocycles. The highest BCUT2D eigenvalue weighted by Gasteiger charge is 2.24. The van der Waals surface area contributed by atoms with Gasteiger partial charge in [-0.1, -0.05) is 23.8 Å². The van der Waals surface area contributed by atoms with Crippen LogP contribution in [0.2, 0.25) is 0 Å². The van der Waals surface area contributed by atoms with E-state index in [-0.39, 0.29) is 23.0 Å². The second-order valence-electron chi connectivity index (χ2n) is 6.42. The number of ether oxygens (including phenoxy) is 1. The summed E-state index contributed by atoms with van der Waals surface area (Å²) in [4.78, 5) is 27.8. The van der Waals surface area contributed by atoms with Crippen molar-refractivity contribution in [2.75, 3.05) is 37.7 Å². The minimum atomic E-state index is -0.741. The molecule has 1 fully saturated rings. The third-order valence-corrected chi connectivity index (χ3v) is 4.52. The average Bonchev–Trinajstić information content (AvgIpc) is 2.68. The van der Waals surface area contributed by atoms with E-state index in [9.17, 15) is 19.1 Å². The van der Waals surface area contributed by atoms with Gasteiger partial charge in [-0.15, -0.1) is 0 Å². The van der Waals surface area contributed by atoms with Gasteiger partial charge in [0.15, 0.2) is 6.61 Å². The predicted octanol–water partition coefficient (Wildman–Crippen LogP) is 2.35. The van der Waals surface area contributed by atoms with Gasteiger partial charge in [-0.25, -0.2) is 9.18 Å². The number of carbonyl (C=O) groups is 2. The number of anilines is 1. The van der Waals surface area contributed by atoms with Crippen molar-refractivity contribution in [2.24, 2.45) is 0 Å². The molecule has 0 atom stereocenters. The molecule has 1 aliphatic heterocycles. The van der Waals surface area contributed by atoms with Crippen molar-refractivity contribution >= 4 is 17.6 Å². The maximum atomic E-state index is 13.9. The highest BCUT2D eigenvalue weighted by Crippen LogP contribution is 2.21. The summed E-state index contributed by atoms with van der Waals surface area (Å²) < 4.78 is 18.9. The van der Waals surface area contributed by atoms with E-state index in [1.807, 2.05) is 4.90 Å². The number of rotatable bonds is 4. The molecule has 1 heterocycles. The molecular weight excluding hydrogens is 351 g/mol. The van der Waals surface area contributed by atoms with Crippen LogP contribution < -0.4 is 4.90 Å². The van der Waals surface area contributed by atoms with E-state index >= 15 is 0 Å². The van der Waals surface area contributed by atoms with E-state index in [1.165, 1.54) is 18.2 Å². The molecule has 1 N–H and O–H groups in total. The smallest absolute Gasteiger partial charge is 0.342 e. The Bertz CT molecular complexity index is 848. The highest BCUT2D eigenvalue weighted by atomic mass is 19.1. The normalized spacial score (nSPS) is 14.1. The van der Waals surface area contributed by atoms with E-state index in [0.717, 1.165) is 5.56 Å². The molecule has 0 aliphatic carbocycles. The maximum Gasteiger partial charge on any atom is 0.342 e. The largest absolute Gasteiger partial charge is 0.507 e. The Kier molecular flexibility index (Phi) is 5.59. The second kappa shape index (κ2) is 8.07. The summed E-state index contributed by atoms with van der Waals surface area (Å²) in [5.41, 5.74) is 1.36. The van der Waals surface area contributed by atoms with Crippen molar-refractivity contribution in [2.45, 2.75) is 6.92 Å². The van der Waals surface area contributed by atoms with E-state index in [1.54, 1.807) is 36.1 Å². The van der Waals surface area contributed by atoms with Crippen molar-refractivity contribution in [1.82, 2.24) is 4.90 Å². The second-order valence-corrected chi connectivity index (χ2v) is 6.42. The van der Waals surface area contributed by atoms with Gasteiger partial charge < -0.3 is 19.6 Å². The van der Waals surface area contributed by atoms with Crippen molar-refractivity contribution in [3.05, 3.63) is 59.4 Å². The summed E-state index contributed by atoms with van der Waals surface area (Å²) in [5, 5.41) is 9.75. The number of piperazine rings is 1. The molecule has 7 heteroatoms. The van der Waals surface area contributed by atoms with Crippen molar-refractivity contribution in [1.29, 1.82) is 0 Å². The molecule has 3 rings (SSSR count). The first kappa shape index (κ1) is 18.7. The lowest BCUT2D eigenvalue weighted by atomic mass is 10.1. The zero-order valence-corrected chi connectivity index (χ0v) is 15.0. The first-order valence-electron chi connectivity index (χ1n) is 8.69. The van der Waals surface area contributed by atoms with E-state index in [2.05, 4.69) is 0 Å². The molecule has 0 spiro atoms. The first-order chi connectivity index (χ1) is 13.0. The Morgan fingerprint density at radius 1 is 1.11 bits per heavy atom. The molecule has 6 nitrogen and oxygen atoms in total. The standard InChI is InChI=1S/C20H21FN2O4/c1-14-6-7-18(24)15(12-14)20(26)27-13-19(25)23-10-8-22(9-11-23)17-5-3-2-4-16(17)21/h2-7,12,24H,8-11,13H2,1H3. The number of aromatic hydroxyl groups is 1. The molecule has 1 aliphatic rings. The quantitative estimate of drug-likeness (QED) is 0.835. The number of carbonyl (C=O) groups excluding carboxylic acids is 2. The summed E-state index contributed by atoms with van der Waals surface area (Å²) in [6.45, 7) is 3.22. The number of phenolic OH excluding ortho intramolecular Hbond substituents is 1. The molecule has 2 aromatic carbocycles. The average molecular weight is 372 g/mol. The summed E-state index contributed by atoms with van der Waals surface area (Å²) in [6, 6.07) is 11.1. The number of amides is 1. The highest BCUT2D eigenvalue weighted by molar-refractivity contribution is 5.94. The molecule has 1 amide bonds. The number of esters is 1. The zero-order valence-electron chi connectivity index (χ0n) is 15.0. The summed E-state index contributed by atoms with van der Waals surface area (Å²) in [6.07, 6.45) is 0. The number of para-hydroxylation sites is 1. The lowest BCUT2D eigenvalue weighted by Gasteiger charge is -2.36. The van der Waals surface area contributed by atoms with Crippen LogP contribution in [-0.4, -0.2) is 54.7 Å². The topological polar surface area (TPSA) is 70.1 Å². The minimum Gasteiger partial charge on any atom is -0.507 e. The van der Waals surface area contributed by atoms with E-state index in [0.29, 0.717) is 31.9 Å². The minimum absolute atomic E-state index is 0.0344. The lowest BCUT2D eigenvalue weighted by molar-refractivity contribution is -0.134. The molecule has 142 valence electrons. The number of benzene rings is 2. The molecule has 2 aromatic rings. The third kappa shape index (κ3) is 4.36. The molecule has 0 unspecified atom stereocenters. The van der Waals surface area contributed by atoms with Crippen molar-refractivity contribution < 1.29 is 23.8 Å². The molecule has 0 radical (unpaired) electrons. The van der Waals surface area contributed by atoms with Crippen LogP contribution in [0.25, 0.3) is 0 Å². The van der Waals surface area contributed by atoms with Crippen LogP contribution in [0.5, 0.6) is 5.75 Å². The Morgan fingerprint density at radius 2 is 1.81 bits per heavy atom. The summed E-state index contributed by atoms with van der Waals surface area (Å²) in [5.74, 6) is -1.53.